The zero-order chi connectivity index (χ0) is 15.7. The summed E-state index contributed by atoms with van der Waals surface area (Å²) >= 11 is 0. The van der Waals surface area contributed by atoms with Crippen LogP contribution in [0.2, 0.25) is 0 Å². The fourth-order valence-electron chi connectivity index (χ4n) is 2.53. The van der Waals surface area contributed by atoms with Gasteiger partial charge < -0.3 is 9.88 Å². The van der Waals surface area contributed by atoms with Crippen LogP contribution in [0.1, 0.15) is 23.8 Å². The zero-order valence-electron chi connectivity index (χ0n) is 11.9. The Kier molecular flexibility index (Phi) is 3.71. The molecule has 1 unspecified atom stereocenters. The molecular weight excluding hydrogens is 297 g/mol. The van der Waals surface area contributed by atoms with Crippen LogP contribution in [-0.4, -0.2) is 31.3 Å². The molecule has 9 heteroatoms. The Morgan fingerprint density at radius 3 is 2.95 bits per heavy atom. The summed E-state index contributed by atoms with van der Waals surface area (Å²) in [5, 5.41) is 11.0. The number of halogens is 3. The van der Waals surface area contributed by atoms with Crippen molar-refractivity contribution >= 4 is 5.95 Å². The number of nitrogens with one attached hydrogen (secondary N) is 1. The molecular formula is C13H15F3N6. The number of fused-ring (bicyclic) bond motifs is 1. The molecule has 0 fully saturated rings. The van der Waals surface area contributed by atoms with E-state index in [1.54, 1.807) is 0 Å². The molecule has 1 N–H and O–H groups in total. The third kappa shape index (κ3) is 3.02. The van der Waals surface area contributed by atoms with Crippen molar-refractivity contribution in [1.82, 2.24) is 24.7 Å². The van der Waals surface area contributed by atoms with Gasteiger partial charge in [-0.25, -0.2) is 9.97 Å². The van der Waals surface area contributed by atoms with E-state index in [1.165, 1.54) is 0 Å². The van der Waals surface area contributed by atoms with Gasteiger partial charge in [-0.3, -0.25) is 0 Å². The highest BCUT2D eigenvalue weighted by Crippen LogP contribution is 2.27. The smallest absolute Gasteiger partial charge is 0.354 e. The summed E-state index contributed by atoms with van der Waals surface area (Å²) in [6, 6.07) is 0.860. The number of anilines is 1. The normalized spacial score (nSPS) is 18.1. The molecule has 0 aliphatic carbocycles. The molecule has 0 bridgehead atoms. The third-order valence-corrected chi connectivity index (χ3v) is 3.72. The lowest BCUT2D eigenvalue weighted by atomic mass is 9.99. The van der Waals surface area contributed by atoms with Crippen molar-refractivity contribution in [2.24, 2.45) is 5.92 Å². The molecule has 22 heavy (non-hydrogen) atoms. The van der Waals surface area contributed by atoms with Gasteiger partial charge in [-0.2, -0.15) is 13.2 Å². The first kappa shape index (κ1) is 14.7. The SMILES string of the molecule is Cc1nnc2n1CC(CNc1nccc(C(F)(F)F)n1)CC2. The molecule has 0 radical (unpaired) electrons. The number of nitrogens with zero attached hydrogens (tertiary/aromatic N) is 5. The van der Waals surface area contributed by atoms with E-state index in [2.05, 4.69) is 25.5 Å². The van der Waals surface area contributed by atoms with Gasteiger partial charge in [0.25, 0.3) is 0 Å². The van der Waals surface area contributed by atoms with Crippen molar-refractivity contribution in [1.29, 1.82) is 0 Å². The van der Waals surface area contributed by atoms with Gasteiger partial charge in [-0.05, 0) is 25.3 Å². The predicted octanol–water partition coefficient (Wildman–Crippen LogP) is 2.07. The second-order valence-electron chi connectivity index (χ2n) is 5.32. The second-order valence-corrected chi connectivity index (χ2v) is 5.32. The van der Waals surface area contributed by atoms with Gasteiger partial charge in [0, 0.05) is 25.7 Å². The van der Waals surface area contributed by atoms with Crippen molar-refractivity contribution in [2.45, 2.75) is 32.5 Å². The molecule has 0 aromatic carbocycles. The summed E-state index contributed by atoms with van der Waals surface area (Å²) in [4.78, 5) is 7.34. The van der Waals surface area contributed by atoms with Crippen LogP contribution in [0.5, 0.6) is 0 Å². The third-order valence-electron chi connectivity index (χ3n) is 3.72. The van der Waals surface area contributed by atoms with E-state index >= 15 is 0 Å². The highest BCUT2D eigenvalue weighted by molar-refractivity contribution is 5.26. The number of aromatic nitrogens is 5. The Morgan fingerprint density at radius 2 is 2.18 bits per heavy atom. The van der Waals surface area contributed by atoms with Crippen LogP contribution in [-0.2, 0) is 19.1 Å². The Hall–Kier alpha value is -2.19. The van der Waals surface area contributed by atoms with E-state index in [9.17, 15) is 13.2 Å². The molecule has 2 aromatic rings. The Bertz CT molecular complexity index is 666. The van der Waals surface area contributed by atoms with Gasteiger partial charge in [-0.1, -0.05) is 0 Å². The quantitative estimate of drug-likeness (QED) is 0.939. The Balaban J connectivity index is 1.63. The van der Waals surface area contributed by atoms with Crippen LogP contribution in [0, 0.1) is 12.8 Å². The number of aryl methyl sites for hydroxylation is 2. The molecule has 3 heterocycles. The fourth-order valence-corrected chi connectivity index (χ4v) is 2.53. The molecule has 2 aromatic heterocycles. The summed E-state index contributed by atoms with van der Waals surface area (Å²) in [7, 11) is 0. The standard InChI is InChI=1S/C13H15F3N6/c1-8-20-21-11-3-2-9(7-22(8)11)6-18-12-17-5-4-10(19-12)13(14,15)16/h4-5,9H,2-3,6-7H2,1H3,(H,17,18,19). The number of rotatable bonds is 3. The van der Waals surface area contributed by atoms with Gasteiger partial charge >= 0.3 is 6.18 Å². The van der Waals surface area contributed by atoms with Gasteiger partial charge in [0.2, 0.25) is 5.95 Å². The van der Waals surface area contributed by atoms with Crippen molar-refractivity contribution < 1.29 is 13.2 Å². The topological polar surface area (TPSA) is 68.5 Å². The van der Waals surface area contributed by atoms with Crippen molar-refractivity contribution in [3.63, 3.8) is 0 Å². The molecule has 0 amide bonds. The van der Waals surface area contributed by atoms with Crippen LogP contribution in [0.25, 0.3) is 0 Å². The molecule has 1 aliphatic rings. The number of hydrogen-bond acceptors (Lipinski definition) is 5. The minimum Gasteiger partial charge on any atom is -0.354 e. The highest BCUT2D eigenvalue weighted by atomic mass is 19.4. The minimum absolute atomic E-state index is 0.00102. The summed E-state index contributed by atoms with van der Waals surface area (Å²) in [6.07, 6.45) is -1.62. The molecule has 3 rings (SSSR count). The van der Waals surface area contributed by atoms with E-state index in [1.807, 2.05) is 11.5 Å². The average molecular weight is 312 g/mol. The lowest BCUT2D eigenvalue weighted by molar-refractivity contribution is -0.141. The number of hydrogen-bond donors (Lipinski definition) is 1. The van der Waals surface area contributed by atoms with E-state index in [0.717, 1.165) is 43.3 Å². The molecule has 1 aliphatic heterocycles. The lowest BCUT2D eigenvalue weighted by Gasteiger charge is -2.24. The largest absolute Gasteiger partial charge is 0.433 e. The van der Waals surface area contributed by atoms with Gasteiger partial charge in [0.05, 0.1) is 0 Å². The summed E-state index contributed by atoms with van der Waals surface area (Å²) < 4.78 is 39.8. The van der Waals surface area contributed by atoms with Crippen LogP contribution in [0.15, 0.2) is 12.3 Å². The van der Waals surface area contributed by atoms with Gasteiger partial charge in [0.15, 0.2) is 0 Å². The number of alkyl halides is 3. The van der Waals surface area contributed by atoms with Crippen LogP contribution < -0.4 is 5.32 Å². The molecule has 1 atom stereocenters. The van der Waals surface area contributed by atoms with Crippen LogP contribution in [0.4, 0.5) is 19.1 Å². The first-order valence-corrected chi connectivity index (χ1v) is 6.96. The Labute approximate surface area is 124 Å². The minimum atomic E-state index is -4.46. The fraction of sp³-hybridized carbons (Fsp3) is 0.538. The molecule has 6 nitrogen and oxygen atoms in total. The zero-order valence-corrected chi connectivity index (χ0v) is 11.9. The summed E-state index contributed by atoms with van der Waals surface area (Å²) in [5.74, 6) is 2.10. The van der Waals surface area contributed by atoms with Crippen LogP contribution >= 0.6 is 0 Å². The first-order valence-electron chi connectivity index (χ1n) is 6.96. The highest BCUT2D eigenvalue weighted by Gasteiger charge is 2.32. The van der Waals surface area contributed by atoms with E-state index in [-0.39, 0.29) is 11.9 Å². The van der Waals surface area contributed by atoms with E-state index in [4.69, 9.17) is 0 Å². The van der Waals surface area contributed by atoms with Crippen LogP contribution in [0.3, 0.4) is 0 Å². The monoisotopic (exact) mass is 312 g/mol. The van der Waals surface area contributed by atoms with Crippen molar-refractivity contribution in [3.05, 3.63) is 29.6 Å². The lowest BCUT2D eigenvalue weighted by Crippen LogP contribution is -2.27. The summed E-state index contributed by atoms with van der Waals surface area (Å²) in [5.41, 5.74) is -0.939. The van der Waals surface area contributed by atoms with Crippen molar-refractivity contribution in [2.75, 3.05) is 11.9 Å². The van der Waals surface area contributed by atoms with Gasteiger partial charge in [0.1, 0.15) is 17.3 Å². The molecule has 0 saturated heterocycles. The first-order chi connectivity index (χ1) is 10.4. The Morgan fingerprint density at radius 1 is 1.36 bits per heavy atom. The molecule has 0 spiro atoms. The maximum atomic E-state index is 12.6. The second kappa shape index (κ2) is 5.54. The van der Waals surface area contributed by atoms with E-state index < -0.39 is 11.9 Å². The summed E-state index contributed by atoms with van der Waals surface area (Å²) in [6.45, 7) is 3.15. The average Bonchev–Trinajstić information content (AvgIpc) is 2.86. The maximum absolute atomic E-state index is 12.6. The molecule has 118 valence electrons. The van der Waals surface area contributed by atoms with Crippen molar-refractivity contribution in [3.8, 4) is 0 Å². The van der Waals surface area contributed by atoms with E-state index in [0.29, 0.717) is 6.54 Å². The van der Waals surface area contributed by atoms with Gasteiger partial charge in [-0.15, -0.1) is 10.2 Å². The predicted molar refractivity (Wildman–Crippen MR) is 72.1 cm³/mol. The molecule has 0 saturated carbocycles. The maximum Gasteiger partial charge on any atom is 0.433 e.